The van der Waals surface area contributed by atoms with E-state index in [0.717, 1.165) is 0 Å². The Morgan fingerprint density at radius 2 is 1.43 bits per heavy atom. The van der Waals surface area contributed by atoms with Crippen LogP contribution < -0.4 is 0 Å². The fraction of sp³-hybridized carbons (Fsp3) is 0. The van der Waals surface area contributed by atoms with Gasteiger partial charge in [-0.2, -0.15) is 0 Å². The molecule has 0 radical (unpaired) electrons. The first-order chi connectivity index (χ1) is 2.00. The van der Waals surface area contributed by atoms with Gasteiger partial charge < -0.3 is 0 Å². The zero-order chi connectivity index (χ0) is 4.50. The minimum absolute atomic E-state index is 0. The molecule has 0 amide bonds. The Morgan fingerprint density at radius 1 is 1.43 bits per heavy atom. The summed E-state index contributed by atoms with van der Waals surface area (Å²) in [6, 6.07) is 0. The monoisotopic (exact) mass is 134 g/mol. The molecule has 36 valence electrons. The molecule has 0 saturated carbocycles. The molecule has 2 nitrogen and oxygen atoms in total. The molecule has 0 unspecified atom stereocenters. The van der Waals surface area contributed by atoms with Crippen LogP contribution in [-0.4, -0.2) is 53.3 Å². The van der Waals surface area contributed by atoms with E-state index in [2.05, 4.69) is 0 Å². The summed E-state index contributed by atoms with van der Waals surface area (Å²) in [5.74, 6) is 0. The van der Waals surface area contributed by atoms with Crippen molar-refractivity contribution in [3.05, 3.63) is 0 Å². The Balaban J connectivity index is -0.0000000800. The molecule has 0 heterocycles. The van der Waals surface area contributed by atoms with E-state index in [9.17, 15) is 8.39 Å². The van der Waals surface area contributed by atoms with Crippen molar-refractivity contribution in [3.8, 4) is 0 Å². The van der Waals surface area contributed by atoms with Crippen LogP contribution in [0.1, 0.15) is 0 Å². The van der Waals surface area contributed by atoms with Crippen molar-refractivity contribution >= 4 is 56.4 Å². The summed E-state index contributed by atoms with van der Waals surface area (Å²) < 4.78 is 28.7. The number of rotatable bonds is 0. The SMILES string of the molecule is O=P(O)(F)F.[LiH].[NaH]. The summed E-state index contributed by atoms with van der Waals surface area (Å²) in [7, 11) is -5.64. The number of hydrogen-bond acceptors (Lipinski definition) is 1. The Bertz CT molecular complexity index is 61.8. The van der Waals surface area contributed by atoms with Crippen molar-refractivity contribution in [3.63, 3.8) is 0 Å². The molecule has 0 rings (SSSR count). The molecule has 0 atom stereocenters. The van der Waals surface area contributed by atoms with Crippen LogP contribution in [0.15, 0.2) is 0 Å². The summed E-state index contributed by atoms with van der Waals surface area (Å²) in [5.41, 5.74) is 0. The summed E-state index contributed by atoms with van der Waals surface area (Å²) in [5, 5.41) is 0. The summed E-state index contributed by atoms with van der Waals surface area (Å²) in [6.45, 7) is 0. The standard InChI is InChI=1S/F2HO2P.Li.Na.2H/c1-5(2,3)4;;;;/h(H,3,4);;;;. The van der Waals surface area contributed by atoms with Gasteiger partial charge in [-0.05, 0) is 0 Å². The van der Waals surface area contributed by atoms with Gasteiger partial charge in [-0.15, -0.1) is 8.39 Å². The van der Waals surface area contributed by atoms with E-state index in [4.69, 9.17) is 9.46 Å². The van der Waals surface area contributed by atoms with Gasteiger partial charge in [-0.3, -0.25) is 4.89 Å². The van der Waals surface area contributed by atoms with Crippen LogP contribution in [0.4, 0.5) is 8.39 Å². The number of halogens is 2. The average molecular weight is 134 g/mol. The molecule has 1 N–H and O–H groups in total. The van der Waals surface area contributed by atoms with E-state index < -0.39 is 7.99 Å². The maximum absolute atomic E-state index is 10.1. The Kier molecular flexibility index (Phi) is 13.1. The topological polar surface area (TPSA) is 37.3 Å². The minimum atomic E-state index is -5.64. The van der Waals surface area contributed by atoms with Crippen LogP contribution in [0.3, 0.4) is 0 Å². The molecule has 0 fully saturated rings. The summed E-state index contributed by atoms with van der Waals surface area (Å²) in [6.07, 6.45) is 0. The van der Waals surface area contributed by atoms with E-state index >= 15 is 0 Å². The van der Waals surface area contributed by atoms with Gasteiger partial charge in [0.15, 0.2) is 0 Å². The third-order valence-corrected chi connectivity index (χ3v) is 0. The van der Waals surface area contributed by atoms with E-state index in [-0.39, 0.29) is 48.4 Å². The molecule has 7 heteroatoms. The molecule has 7 heavy (non-hydrogen) atoms. The van der Waals surface area contributed by atoms with Gasteiger partial charge in [0, 0.05) is 0 Å². The van der Waals surface area contributed by atoms with Crippen molar-refractivity contribution in [2.45, 2.75) is 0 Å². The molecule has 0 saturated heterocycles. The van der Waals surface area contributed by atoms with Gasteiger partial charge in [-0.25, -0.2) is 4.57 Å². The molecular weight excluding hydrogens is 131 g/mol. The van der Waals surface area contributed by atoms with Crippen molar-refractivity contribution in [2.75, 3.05) is 0 Å². The van der Waals surface area contributed by atoms with Gasteiger partial charge in [0.05, 0.1) is 0 Å². The molecule has 0 aromatic carbocycles. The second kappa shape index (κ2) is 5.78. The predicted octanol–water partition coefficient (Wildman–Crippen LogP) is -0.271. The average Bonchev–Trinajstić information content (AvgIpc) is 0.722. The summed E-state index contributed by atoms with van der Waals surface area (Å²) >= 11 is 0. The summed E-state index contributed by atoms with van der Waals surface area (Å²) in [4.78, 5) is 6.74. The van der Waals surface area contributed by atoms with Gasteiger partial charge in [-0.1, -0.05) is 0 Å². The zero-order valence-corrected chi connectivity index (χ0v) is 2.95. The quantitative estimate of drug-likeness (QED) is 0.365. The Hall–Kier alpha value is 1.65. The Morgan fingerprint density at radius 3 is 1.43 bits per heavy atom. The van der Waals surface area contributed by atoms with Crippen molar-refractivity contribution in [1.29, 1.82) is 0 Å². The van der Waals surface area contributed by atoms with Gasteiger partial charge in [0.1, 0.15) is 0 Å². The molecule has 0 spiro atoms. The maximum atomic E-state index is 10.1. The predicted molar refractivity (Wildman–Crippen MR) is 26.3 cm³/mol. The molecule has 0 aliphatic heterocycles. The van der Waals surface area contributed by atoms with Crippen LogP contribution in [-0.2, 0) is 4.57 Å². The van der Waals surface area contributed by atoms with Crippen molar-refractivity contribution < 1.29 is 17.9 Å². The fourth-order valence-corrected chi connectivity index (χ4v) is 0. The van der Waals surface area contributed by atoms with E-state index in [1.807, 2.05) is 0 Å². The first-order valence-electron chi connectivity index (χ1n) is 0.721. The van der Waals surface area contributed by atoms with E-state index in [1.165, 1.54) is 0 Å². The van der Waals surface area contributed by atoms with Crippen LogP contribution >= 0.6 is 7.99 Å². The van der Waals surface area contributed by atoms with E-state index in [1.54, 1.807) is 0 Å². The molecular formula is H3F2LiNaO2P. The van der Waals surface area contributed by atoms with Crippen LogP contribution in [0.2, 0.25) is 0 Å². The second-order valence-electron chi connectivity index (χ2n) is 0.435. The zero-order valence-electron chi connectivity index (χ0n) is 2.06. The Labute approximate surface area is 73.8 Å². The normalized spacial score (nSPS) is 8.43. The first-order valence-corrected chi connectivity index (χ1v) is 2.16. The molecule has 0 bridgehead atoms. The third kappa shape index (κ3) is 89.9. The first kappa shape index (κ1) is 15.9. The van der Waals surface area contributed by atoms with Crippen LogP contribution in [0.25, 0.3) is 0 Å². The van der Waals surface area contributed by atoms with Crippen molar-refractivity contribution in [2.24, 2.45) is 0 Å². The van der Waals surface area contributed by atoms with Crippen LogP contribution in [0, 0.1) is 0 Å². The van der Waals surface area contributed by atoms with Gasteiger partial charge in [0.2, 0.25) is 0 Å². The van der Waals surface area contributed by atoms with Crippen LogP contribution in [0.5, 0.6) is 0 Å². The van der Waals surface area contributed by atoms with Gasteiger partial charge in [0.25, 0.3) is 0 Å². The van der Waals surface area contributed by atoms with Gasteiger partial charge >= 0.3 is 56.4 Å². The molecule has 0 aliphatic carbocycles. The molecule has 0 aromatic rings. The molecule has 0 aliphatic rings. The molecule has 0 aromatic heterocycles. The second-order valence-corrected chi connectivity index (χ2v) is 1.30. The van der Waals surface area contributed by atoms with E-state index in [0.29, 0.717) is 0 Å². The fourth-order valence-electron chi connectivity index (χ4n) is 0. The van der Waals surface area contributed by atoms with Crippen molar-refractivity contribution in [1.82, 2.24) is 0 Å². The number of hydrogen-bond donors (Lipinski definition) is 1. The third-order valence-electron chi connectivity index (χ3n) is 0.